The van der Waals surface area contributed by atoms with Crippen molar-refractivity contribution in [3.05, 3.63) is 46.2 Å². The van der Waals surface area contributed by atoms with E-state index in [0.717, 1.165) is 35.4 Å². The molecule has 1 aliphatic carbocycles. The summed E-state index contributed by atoms with van der Waals surface area (Å²) >= 11 is 1.73. The molecule has 2 heterocycles. The third kappa shape index (κ3) is 3.11. The Hall–Kier alpha value is -1.26. The molecule has 1 saturated carbocycles. The molecule has 1 aliphatic rings. The normalized spacial score (nSPS) is 15.1. The van der Waals surface area contributed by atoms with Crippen LogP contribution in [0.5, 0.6) is 0 Å². The Balaban J connectivity index is 1.59. The Kier molecular flexibility index (Phi) is 3.16. The fraction of sp³-hybridized carbons (Fsp3) is 0.385. The highest BCUT2D eigenvalue weighted by Gasteiger charge is 2.20. The summed E-state index contributed by atoms with van der Waals surface area (Å²) in [4.78, 5) is 8.94. The first-order chi connectivity index (χ1) is 8.40. The van der Waals surface area contributed by atoms with Crippen molar-refractivity contribution < 1.29 is 0 Å². The van der Waals surface area contributed by atoms with Gasteiger partial charge in [0.25, 0.3) is 0 Å². The van der Waals surface area contributed by atoms with Crippen molar-refractivity contribution in [3.63, 3.8) is 0 Å². The van der Waals surface area contributed by atoms with Crippen LogP contribution < -0.4 is 5.32 Å². The molecule has 0 saturated heterocycles. The van der Waals surface area contributed by atoms with Crippen molar-refractivity contribution in [2.75, 3.05) is 0 Å². The highest BCUT2D eigenvalue weighted by atomic mass is 32.1. The van der Waals surface area contributed by atoms with Crippen LogP contribution in [0.2, 0.25) is 0 Å². The van der Waals surface area contributed by atoms with Gasteiger partial charge in [-0.25, -0.2) is 4.98 Å². The molecule has 2 aromatic rings. The van der Waals surface area contributed by atoms with Gasteiger partial charge in [0, 0.05) is 36.3 Å². The molecule has 17 heavy (non-hydrogen) atoms. The van der Waals surface area contributed by atoms with Gasteiger partial charge in [0.05, 0.1) is 10.7 Å². The predicted molar refractivity (Wildman–Crippen MR) is 69.0 cm³/mol. The van der Waals surface area contributed by atoms with Gasteiger partial charge < -0.3 is 5.32 Å². The van der Waals surface area contributed by atoms with Gasteiger partial charge >= 0.3 is 0 Å². The number of hydrogen-bond donors (Lipinski definition) is 1. The molecule has 3 nitrogen and oxygen atoms in total. The molecule has 1 N–H and O–H groups in total. The number of thiazole rings is 1. The summed E-state index contributed by atoms with van der Waals surface area (Å²) in [5.74, 6) is 0. The Morgan fingerprint density at radius 3 is 3.00 bits per heavy atom. The minimum absolute atomic E-state index is 0.746. The van der Waals surface area contributed by atoms with E-state index in [1.165, 1.54) is 12.8 Å². The summed E-state index contributed by atoms with van der Waals surface area (Å²) in [5.41, 5.74) is 2.25. The van der Waals surface area contributed by atoms with E-state index in [2.05, 4.69) is 20.7 Å². The van der Waals surface area contributed by atoms with Crippen molar-refractivity contribution in [1.82, 2.24) is 15.3 Å². The fourth-order valence-corrected chi connectivity index (χ4v) is 2.51. The van der Waals surface area contributed by atoms with E-state index in [1.807, 2.05) is 24.4 Å². The molecule has 0 radical (unpaired) electrons. The van der Waals surface area contributed by atoms with Crippen LogP contribution in [0.3, 0.4) is 0 Å². The van der Waals surface area contributed by atoms with Gasteiger partial charge in [0.15, 0.2) is 0 Å². The van der Waals surface area contributed by atoms with E-state index in [9.17, 15) is 0 Å². The number of aromatic nitrogens is 2. The molecule has 0 atom stereocenters. The molecule has 0 unspecified atom stereocenters. The minimum atomic E-state index is 0.746. The van der Waals surface area contributed by atoms with Crippen molar-refractivity contribution in [3.8, 4) is 0 Å². The maximum Gasteiger partial charge on any atom is 0.0988 e. The lowest BCUT2D eigenvalue weighted by Crippen LogP contribution is -2.15. The Bertz CT molecular complexity index is 476. The first-order valence-electron chi connectivity index (χ1n) is 5.97. The minimum Gasteiger partial charge on any atom is -0.308 e. The molecule has 0 bridgehead atoms. The van der Waals surface area contributed by atoms with Crippen LogP contribution in [0.1, 0.15) is 29.2 Å². The molecule has 1 fully saturated rings. The Morgan fingerprint density at radius 1 is 1.29 bits per heavy atom. The number of nitrogens with one attached hydrogen (secondary N) is 1. The predicted octanol–water partition coefficient (Wildman–Crippen LogP) is 2.38. The van der Waals surface area contributed by atoms with E-state index >= 15 is 0 Å². The van der Waals surface area contributed by atoms with Crippen molar-refractivity contribution >= 4 is 11.3 Å². The van der Waals surface area contributed by atoms with Gasteiger partial charge in [0.2, 0.25) is 0 Å². The largest absolute Gasteiger partial charge is 0.308 e. The molecular weight excluding hydrogens is 230 g/mol. The SMILES string of the molecule is c1ccc(Cc2nc(CNC3CC3)cs2)nc1. The number of rotatable bonds is 5. The molecule has 0 amide bonds. The van der Waals surface area contributed by atoms with Crippen LogP contribution in [0.25, 0.3) is 0 Å². The lowest BCUT2D eigenvalue weighted by Gasteiger charge is -1.98. The summed E-state index contributed by atoms with van der Waals surface area (Å²) in [6.07, 6.45) is 5.32. The van der Waals surface area contributed by atoms with Gasteiger partial charge in [-0.1, -0.05) is 6.07 Å². The van der Waals surface area contributed by atoms with Gasteiger partial charge in [-0.3, -0.25) is 4.98 Å². The number of pyridine rings is 1. The van der Waals surface area contributed by atoms with Crippen LogP contribution in [0.4, 0.5) is 0 Å². The summed E-state index contributed by atoms with van der Waals surface area (Å²) in [6, 6.07) is 6.75. The van der Waals surface area contributed by atoms with Gasteiger partial charge in [-0.15, -0.1) is 11.3 Å². The summed E-state index contributed by atoms with van der Waals surface area (Å²) in [6.45, 7) is 0.906. The lowest BCUT2D eigenvalue weighted by molar-refractivity contribution is 0.676. The molecule has 88 valence electrons. The molecule has 0 aromatic carbocycles. The molecule has 0 aliphatic heterocycles. The van der Waals surface area contributed by atoms with Gasteiger partial charge in [0.1, 0.15) is 0 Å². The molecule has 4 heteroatoms. The molecular formula is C13H15N3S. The van der Waals surface area contributed by atoms with Crippen molar-refractivity contribution in [2.45, 2.75) is 31.8 Å². The first kappa shape index (κ1) is 10.9. The van der Waals surface area contributed by atoms with Gasteiger partial charge in [-0.2, -0.15) is 0 Å². The zero-order valence-corrected chi connectivity index (χ0v) is 10.4. The van der Waals surface area contributed by atoms with Crippen LogP contribution in [0.15, 0.2) is 29.8 Å². The molecule has 3 rings (SSSR count). The summed E-state index contributed by atoms with van der Waals surface area (Å²) in [7, 11) is 0. The van der Waals surface area contributed by atoms with E-state index in [4.69, 9.17) is 0 Å². The average Bonchev–Trinajstić information content (AvgIpc) is 3.09. The third-order valence-corrected chi connectivity index (χ3v) is 3.70. The average molecular weight is 245 g/mol. The smallest absolute Gasteiger partial charge is 0.0988 e. The Morgan fingerprint density at radius 2 is 2.24 bits per heavy atom. The topological polar surface area (TPSA) is 37.8 Å². The second-order valence-electron chi connectivity index (χ2n) is 4.39. The standard InChI is InChI=1S/C13H15N3S/c1-2-6-14-11(3-1)7-13-16-12(9-17-13)8-15-10-4-5-10/h1-3,6,9-10,15H,4-5,7-8H2. The number of hydrogen-bond acceptors (Lipinski definition) is 4. The van der Waals surface area contributed by atoms with Crippen LogP contribution >= 0.6 is 11.3 Å². The highest BCUT2D eigenvalue weighted by molar-refractivity contribution is 7.09. The molecule has 0 spiro atoms. The first-order valence-corrected chi connectivity index (χ1v) is 6.85. The van der Waals surface area contributed by atoms with Gasteiger partial charge in [-0.05, 0) is 25.0 Å². The highest BCUT2D eigenvalue weighted by Crippen LogP contribution is 2.20. The fourth-order valence-electron chi connectivity index (χ4n) is 1.71. The lowest BCUT2D eigenvalue weighted by atomic mass is 10.3. The maximum absolute atomic E-state index is 4.62. The van der Waals surface area contributed by atoms with Crippen molar-refractivity contribution in [2.24, 2.45) is 0 Å². The van der Waals surface area contributed by atoms with E-state index in [-0.39, 0.29) is 0 Å². The Labute approximate surface area is 105 Å². The maximum atomic E-state index is 4.62. The van der Waals surface area contributed by atoms with Crippen LogP contribution in [-0.4, -0.2) is 16.0 Å². The summed E-state index contributed by atoms with van der Waals surface area (Å²) in [5, 5.41) is 6.77. The third-order valence-electron chi connectivity index (χ3n) is 2.81. The second-order valence-corrected chi connectivity index (χ2v) is 5.33. The van der Waals surface area contributed by atoms with E-state index in [0.29, 0.717) is 0 Å². The van der Waals surface area contributed by atoms with E-state index in [1.54, 1.807) is 11.3 Å². The van der Waals surface area contributed by atoms with Crippen LogP contribution in [-0.2, 0) is 13.0 Å². The zero-order chi connectivity index (χ0) is 11.5. The molecule has 2 aromatic heterocycles. The van der Waals surface area contributed by atoms with Crippen LogP contribution in [0, 0.1) is 0 Å². The summed E-state index contributed by atoms with van der Waals surface area (Å²) < 4.78 is 0. The zero-order valence-electron chi connectivity index (χ0n) is 9.60. The number of nitrogens with zero attached hydrogens (tertiary/aromatic N) is 2. The van der Waals surface area contributed by atoms with Crippen molar-refractivity contribution in [1.29, 1.82) is 0 Å². The monoisotopic (exact) mass is 245 g/mol. The second kappa shape index (κ2) is 4.94. The quantitative estimate of drug-likeness (QED) is 0.879. The van der Waals surface area contributed by atoms with E-state index < -0.39 is 0 Å².